The Morgan fingerprint density at radius 2 is 1.87 bits per heavy atom. The minimum Gasteiger partial charge on any atom is -0.394 e. The van der Waals surface area contributed by atoms with Crippen molar-refractivity contribution in [3.63, 3.8) is 0 Å². The number of ether oxygens (including phenoxy) is 3. The molecule has 2 saturated heterocycles. The lowest BCUT2D eigenvalue weighted by Crippen LogP contribution is -2.34. The molecule has 5 unspecified atom stereocenters. The van der Waals surface area contributed by atoms with Gasteiger partial charge in [-0.2, -0.15) is 9.88 Å². The van der Waals surface area contributed by atoms with Crippen molar-refractivity contribution < 1.29 is 51.7 Å². The molecule has 9 atom stereocenters. The molecule has 24 heteroatoms. The molecule has 0 amide bonds. The molecule has 0 spiro atoms. The fourth-order valence-corrected chi connectivity index (χ4v) is 6.36. The maximum atomic E-state index is 15.7. The van der Waals surface area contributed by atoms with Gasteiger partial charge in [0.15, 0.2) is 41.3 Å². The van der Waals surface area contributed by atoms with Gasteiger partial charge < -0.3 is 35.7 Å². The Kier molecular flexibility index (Phi) is 8.61. The largest absolute Gasteiger partial charge is 0.534 e. The average Bonchev–Trinajstić information content (AvgIpc) is 3.75. The number of hydrogen-bond acceptors (Lipinski definition) is 16. The number of aliphatic hydroxyl groups is 1. The summed E-state index contributed by atoms with van der Waals surface area (Å²) in [6, 6.07) is 0. The lowest BCUT2D eigenvalue weighted by atomic mass is 10.1. The van der Waals surface area contributed by atoms with Crippen LogP contribution in [0.15, 0.2) is 23.8 Å². The SMILES string of the molecule is Nc1nc2c(ncn2[C@@H]2O[C@H](CO)CC2OP(=O)(O)OC[C@H]2O[C@@H](n3cnc4c(N)ncnc43)C(F)C2OC[P+](=O)O)c(=O)[nH]1. The fraction of sp³-hybridized carbons (Fsp3) is 0.524. The van der Waals surface area contributed by atoms with Crippen LogP contribution in [0.25, 0.3) is 22.3 Å². The van der Waals surface area contributed by atoms with Gasteiger partial charge in [-0.05, 0) is 4.57 Å². The third-order valence-corrected chi connectivity index (χ3v) is 8.43. The van der Waals surface area contributed by atoms with E-state index >= 15 is 4.39 Å². The van der Waals surface area contributed by atoms with Crippen molar-refractivity contribution in [1.82, 2.24) is 39.0 Å². The average molecular weight is 675 g/mol. The summed E-state index contributed by atoms with van der Waals surface area (Å²) in [5, 5.41) is 9.69. The summed E-state index contributed by atoms with van der Waals surface area (Å²) in [4.78, 5) is 54.4. The Bertz CT molecular complexity index is 1840. The van der Waals surface area contributed by atoms with Crippen LogP contribution < -0.4 is 17.0 Å². The van der Waals surface area contributed by atoms with Gasteiger partial charge in [0.25, 0.3) is 11.9 Å². The van der Waals surface area contributed by atoms with Crippen molar-refractivity contribution in [3.8, 4) is 0 Å². The third kappa shape index (κ3) is 6.17. The van der Waals surface area contributed by atoms with Crippen LogP contribution in [0.5, 0.6) is 0 Å². The van der Waals surface area contributed by atoms with E-state index in [1.54, 1.807) is 0 Å². The van der Waals surface area contributed by atoms with E-state index in [9.17, 15) is 28.8 Å². The first kappa shape index (κ1) is 31.4. The van der Waals surface area contributed by atoms with Crippen LogP contribution in [0.2, 0.25) is 0 Å². The molecule has 2 fully saturated rings. The molecule has 6 rings (SSSR count). The number of nitrogens with two attached hydrogens (primary N) is 2. The van der Waals surface area contributed by atoms with Crippen molar-refractivity contribution in [2.75, 3.05) is 31.0 Å². The van der Waals surface area contributed by atoms with Gasteiger partial charge in [-0.25, -0.2) is 28.9 Å². The molecule has 0 aliphatic carbocycles. The van der Waals surface area contributed by atoms with Crippen LogP contribution in [0.4, 0.5) is 16.2 Å². The number of nitrogens with one attached hydrogen (secondary N) is 1. The van der Waals surface area contributed by atoms with E-state index in [0.29, 0.717) is 0 Å². The molecule has 6 heterocycles. The van der Waals surface area contributed by atoms with Crippen molar-refractivity contribution in [1.29, 1.82) is 0 Å². The highest BCUT2D eigenvalue weighted by Crippen LogP contribution is 2.50. The highest BCUT2D eigenvalue weighted by atomic mass is 31.2. The normalized spacial score (nSPS) is 28.6. The van der Waals surface area contributed by atoms with Gasteiger partial charge in [0.2, 0.25) is 5.95 Å². The van der Waals surface area contributed by atoms with E-state index in [4.69, 9.17) is 34.7 Å². The van der Waals surface area contributed by atoms with Crippen LogP contribution in [-0.2, 0) is 32.4 Å². The van der Waals surface area contributed by atoms with E-state index in [-0.39, 0.29) is 40.5 Å². The smallest absolute Gasteiger partial charge is 0.394 e. The number of hydrogen-bond donors (Lipinski definition) is 6. The van der Waals surface area contributed by atoms with Crippen molar-refractivity contribution in [2.45, 2.75) is 49.5 Å². The number of phosphoric acid groups is 1. The molecule has 4 aromatic heterocycles. The standard InChI is InChI=1S/C21H25FN10O11P2/c22-11-14(39-7-44(35)36)10(42-20(11)31-5-27-12-15(23)25-4-26-16(12)31)3-40-45(37,38)43-9-1-8(2-33)41-19(9)32-6-28-13-17(32)29-21(24)30-18(13)34/h4-6,8-11,14,19-20,33H,1-3,7H2,(H6-,23,24,25,26,29,30,34,35,36,37,38)/p+1/t8-,9?,10+,11?,14?,19+,20+/m0/s1. The van der Waals surface area contributed by atoms with E-state index in [2.05, 4.69) is 29.9 Å². The zero-order chi connectivity index (χ0) is 32.0. The van der Waals surface area contributed by atoms with Gasteiger partial charge in [0, 0.05) is 6.42 Å². The molecule has 2 aliphatic rings. The number of anilines is 2. The number of fused-ring (bicyclic) bond motifs is 2. The van der Waals surface area contributed by atoms with Gasteiger partial charge >= 0.3 is 15.9 Å². The van der Waals surface area contributed by atoms with Crippen molar-refractivity contribution in [2.24, 2.45) is 0 Å². The highest BCUT2D eigenvalue weighted by Gasteiger charge is 2.50. The summed E-state index contributed by atoms with van der Waals surface area (Å²) < 4.78 is 70.0. The second-order valence-corrected chi connectivity index (χ2v) is 12.3. The van der Waals surface area contributed by atoms with E-state index in [1.807, 2.05) is 0 Å². The fourth-order valence-electron chi connectivity index (χ4n) is 5.13. The number of aromatic nitrogens is 8. The maximum Gasteiger partial charge on any atom is 0.534 e. The van der Waals surface area contributed by atoms with Crippen LogP contribution in [0.3, 0.4) is 0 Å². The summed E-state index contributed by atoms with van der Waals surface area (Å²) in [5.41, 5.74) is 11.0. The Hall–Kier alpha value is -3.56. The summed E-state index contributed by atoms with van der Waals surface area (Å²) >= 11 is 0. The number of rotatable bonds is 11. The zero-order valence-corrected chi connectivity index (χ0v) is 24.6. The van der Waals surface area contributed by atoms with Crippen LogP contribution in [-0.4, -0.2) is 104 Å². The lowest BCUT2D eigenvalue weighted by Gasteiger charge is -2.24. The molecule has 2 aliphatic heterocycles. The van der Waals surface area contributed by atoms with Crippen LogP contribution >= 0.6 is 15.9 Å². The molecule has 4 aromatic rings. The van der Waals surface area contributed by atoms with E-state index in [0.717, 1.165) is 6.33 Å². The second kappa shape index (κ2) is 12.3. The molecular weight excluding hydrogens is 649 g/mol. The summed E-state index contributed by atoms with van der Waals surface area (Å²) in [6.07, 6.45) is -6.97. The number of imidazole rings is 2. The number of H-pyrrole nitrogens is 1. The maximum absolute atomic E-state index is 15.7. The van der Waals surface area contributed by atoms with Crippen molar-refractivity contribution >= 4 is 49.9 Å². The van der Waals surface area contributed by atoms with Crippen LogP contribution in [0.1, 0.15) is 18.9 Å². The number of halogens is 1. The molecular formula is C21H26FN10O11P2+. The van der Waals surface area contributed by atoms with Gasteiger partial charge in [0.05, 0.1) is 32.0 Å². The molecule has 242 valence electrons. The van der Waals surface area contributed by atoms with Gasteiger partial charge in [0.1, 0.15) is 30.2 Å². The molecule has 0 radical (unpaired) electrons. The first-order chi connectivity index (χ1) is 21.5. The molecule has 8 N–H and O–H groups in total. The number of phosphoric ester groups is 1. The number of aliphatic hydroxyl groups excluding tert-OH is 1. The molecule has 0 aromatic carbocycles. The minimum atomic E-state index is -4.99. The quantitative estimate of drug-likeness (QED) is 0.106. The summed E-state index contributed by atoms with van der Waals surface area (Å²) in [5.74, 6) is -0.189. The van der Waals surface area contributed by atoms with Gasteiger partial charge in [-0.15, -0.1) is 0 Å². The number of nitrogen functional groups attached to an aromatic ring is 2. The number of aromatic amines is 1. The highest BCUT2D eigenvalue weighted by molar-refractivity contribution is 7.47. The molecule has 21 nitrogen and oxygen atoms in total. The Morgan fingerprint density at radius 3 is 2.60 bits per heavy atom. The minimum absolute atomic E-state index is 0.0113. The predicted molar refractivity (Wildman–Crippen MR) is 147 cm³/mol. The zero-order valence-electron chi connectivity index (χ0n) is 22.8. The van der Waals surface area contributed by atoms with E-state index < -0.39 is 84.0 Å². The lowest BCUT2D eigenvalue weighted by molar-refractivity contribution is -0.0645. The molecule has 45 heavy (non-hydrogen) atoms. The first-order valence-electron chi connectivity index (χ1n) is 13.1. The topological polar surface area (TPSA) is 300 Å². The number of alkyl halides is 1. The van der Waals surface area contributed by atoms with Crippen LogP contribution in [0, 0.1) is 0 Å². The van der Waals surface area contributed by atoms with Crippen molar-refractivity contribution in [3.05, 3.63) is 29.3 Å². The first-order valence-corrected chi connectivity index (χ1v) is 16.0. The molecule has 0 saturated carbocycles. The van der Waals surface area contributed by atoms with E-state index in [1.165, 1.54) is 21.8 Å². The van der Waals surface area contributed by atoms with Gasteiger partial charge in [-0.1, -0.05) is 0 Å². The Morgan fingerprint density at radius 1 is 1.13 bits per heavy atom. The second-order valence-electron chi connectivity index (χ2n) is 9.96. The van der Waals surface area contributed by atoms with Gasteiger partial charge in [-0.3, -0.25) is 28.0 Å². The summed E-state index contributed by atoms with van der Waals surface area (Å²) in [6.45, 7) is -1.25. The third-order valence-electron chi connectivity index (χ3n) is 7.05. The number of nitrogens with zero attached hydrogens (tertiary/aromatic N) is 7. The Balaban J connectivity index is 1.20. The monoisotopic (exact) mass is 675 g/mol. The predicted octanol–water partition coefficient (Wildman–Crippen LogP) is -0.781. The summed E-state index contributed by atoms with van der Waals surface area (Å²) in [7, 11) is -7.82. The Labute approximate surface area is 250 Å². The molecule has 0 bridgehead atoms.